The van der Waals surface area contributed by atoms with Crippen LogP contribution in [-0.2, 0) is 4.79 Å². The number of hydrogen-bond donors (Lipinski definition) is 1. The zero-order chi connectivity index (χ0) is 18.1. The zero-order valence-electron chi connectivity index (χ0n) is 15.4. The van der Waals surface area contributed by atoms with Gasteiger partial charge in [-0.25, -0.2) is 0 Å². The Labute approximate surface area is 154 Å². The minimum atomic E-state index is -0.310. The Morgan fingerprint density at radius 3 is 2.46 bits per heavy atom. The lowest BCUT2D eigenvalue weighted by atomic mass is 9.91. The van der Waals surface area contributed by atoms with E-state index in [1.54, 1.807) is 6.21 Å². The third-order valence-corrected chi connectivity index (χ3v) is 5.29. The Bertz CT molecular complexity index is 818. The van der Waals surface area contributed by atoms with Crippen molar-refractivity contribution in [1.82, 2.24) is 0 Å². The first-order chi connectivity index (χ1) is 12.6. The molecule has 134 valence electrons. The number of piperidine rings is 1. The minimum absolute atomic E-state index is 0.0112. The summed E-state index contributed by atoms with van der Waals surface area (Å²) in [7, 11) is 0. The maximum absolute atomic E-state index is 12.2. The maximum atomic E-state index is 12.2. The monoisotopic (exact) mass is 347 g/mol. The number of benzene rings is 2. The highest BCUT2D eigenvalue weighted by atomic mass is 16.2. The summed E-state index contributed by atoms with van der Waals surface area (Å²) in [6.45, 7) is 6.88. The van der Waals surface area contributed by atoms with Crippen LogP contribution in [0.4, 0.5) is 17.1 Å². The van der Waals surface area contributed by atoms with Gasteiger partial charge in [-0.15, -0.1) is 0 Å². The Morgan fingerprint density at radius 2 is 1.73 bits per heavy atom. The molecule has 3 unspecified atom stereocenters. The van der Waals surface area contributed by atoms with Crippen LogP contribution in [0.15, 0.2) is 53.5 Å². The molecule has 1 fully saturated rings. The van der Waals surface area contributed by atoms with Crippen LogP contribution in [0.2, 0.25) is 0 Å². The summed E-state index contributed by atoms with van der Waals surface area (Å²) in [5.74, 6) is 1.15. The number of carbonyl (C=O) groups is 1. The number of nitrogens with zero attached hydrogens (tertiary/aromatic N) is 2. The van der Waals surface area contributed by atoms with Crippen molar-refractivity contribution in [1.29, 1.82) is 0 Å². The van der Waals surface area contributed by atoms with Gasteiger partial charge < -0.3 is 10.2 Å². The number of amides is 1. The van der Waals surface area contributed by atoms with Crippen molar-refractivity contribution < 1.29 is 4.79 Å². The van der Waals surface area contributed by atoms with E-state index < -0.39 is 0 Å². The van der Waals surface area contributed by atoms with Crippen molar-refractivity contribution in [2.24, 2.45) is 16.8 Å². The first kappa shape index (κ1) is 16.8. The Balaban J connectivity index is 1.48. The van der Waals surface area contributed by atoms with Gasteiger partial charge in [0, 0.05) is 30.7 Å². The van der Waals surface area contributed by atoms with E-state index in [1.165, 1.54) is 12.1 Å². The largest absolute Gasteiger partial charge is 0.371 e. The predicted molar refractivity (Wildman–Crippen MR) is 108 cm³/mol. The fourth-order valence-corrected chi connectivity index (χ4v) is 4.17. The molecule has 0 aliphatic carbocycles. The highest BCUT2D eigenvalue weighted by Gasteiger charge is 2.28. The van der Waals surface area contributed by atoms with E-state index in [9.17, 15) is 4.79 Å². The lowest BCUT2D eigenvalue weighted by Crippen LogP contribution is -2.38. The van der Waals surface area contributed by atoms with Gasteiger partial charge in [0.1, 0.15) is 5.92 Å². The van der Waals surface area contributed by atoms with Crippen molar-refractivity contribution in [3.63, 3.8) is 0 Å². The molecule has 2 aliphatic heterocycles. The highest BCUT2D eigenvalue weighted by Crippen LogP contribution is 2.32. The fourth-order valence-electron chi connectivity index (χ4n) is 4.17. The van der Waals surface area contributed by atoms with Crippen LogP contribution < -0.4 is 10.2 Å². The second-order valence-electron chi connectivity index (χ2n) is 7.70. The molecule has 26 heavy (non-hydrogen) atoms. The lowest BCUT2D eigenvalue weighted by molar-refractivity contribution is -0.115. The van der Waals surface area contributed by atoms with E-state index in [4.69, 9.17) is 0 Å². The first-order valence-electron chi connectivity index (χ1n) is 9.39. The Kier molecular flexibility index (Phi) is 4.49. The van der Waals surface area contributed by atoms with E-state index in [-0.39, 0.29) is 11.8 Å². The van der Waals surface area contributed by atoms with Gasteiger partial charge in [0.15, 0.2) is 0 Å². The summed E-state index contributed by atoms with van der Waals surface area (Å²) in [5, 5.41) is 2.91. The molecule has 2 aromatic rings. The van der Waals surface area contributed by atoms with Crippen LogP contribution in [-0.4, -0.2) is 25.2 Å². The number of fused-ring (bicyclic) bond motifs is 1. The molecule has 0 aromatic heterocycles. The number of carbonyl (C=O) groups excluding carboxylic acids is 1. The predicted octanol–water partition coefficient (Wildman–Crippen LogP) is 4.61. The quantitative estimate of drug-likeness (QED) is 0.824. The van der Waals surface area contributed by atoms with Crippen molar-refractivity contribution >= 4 is 29.2 Å². The van der Waals surface area contributed by atoms with Gasteiger partial charge in [0.2, 0.25) is 5.91 Å². The van der Waals surface area contributed by atoms with Crippen LogP contribution in [0, 0.1) is 11.8 Å². The lowest BCUT2D eigenvalue weighted by Gasteiger charge is -2.36. The molecule has 3 atom stereocenters. The van der Waals surface area contributed by atoms with Crippen molar-refractivity contribution in [3.8, 4) is 0 Å². The number of hydrogen-bond acceptors (Lipinski definition) is 3. The van der Waals surface area contributed by atoms with Crippen LogP contribution in [0.25, 0.3) is 0 Å². The van der Waals surface area contributed by atoms with Crippen molar-refractivity contribution in [2.75, 3.05) is 23.3 Å². The molecule has 4 heteroatoms. The van der Waals surface area contributed by atoms with E-state index in [0.717, 1.165) is 41.9 Å². The molecule has 4 nitrogen and oxygen atoms in total. The van der Waals surface area contributed by atoms with E-state index in [2.05, 4.69) is 41.2 Å². The van der Waals surface area contributed by atoms with Crippen LogP contribution >= 0.6 is 0 Å². The molecule has 1 saturated heterocycles. The third-order valence-electron chi connectivity index (χ3n) is 5.29. The van der Waals surface area contributed by atoms with Crippen LogP contribution in [0.3, 0.4) is 0 Å². The van der Waals surface area contributed by atoms with Crippen molar-refractivity contribution in [3.05, 3.63) is 54.1 Å². The molecule has 0 spiro atoms. The summed E-state index contributed by atoms with van der Waals surface area (Å²) >= 11 is 0. The summed E-state index contributed by atoms with van der Waals surface area (Å²) in [6.07, 6.45) is 3.06. The number of rotatable bonds is 3. The molecule has 2 aromatic carbocycles. The molecule has 1 amide bonds. The van der Waals surface area contributed by atoms with Gasteiger partial charge in [-0.2, -0.15) is 0 Å². The SMILES string of the molecule is CC1CC(C)CN(c2ccc(N=CC3C(=O)Nc4ccccc43)cc2)C1. The highest BCUT2D eigenvalue weighted by molar-refractivity contribution is 6.12. The number of para-hydroxylation sites is 1. The van der Waals surface area contributed by atoms with Gasteiger partial charge in [0.05, 0.1) is 5.69 Å². The van der Waals surface area contributed by atoms with E-state index >= 15 is 0 Å². The van der Waals surface area contributed by atoms with Crippen LogP contribution in [0.1, 0.15) is 31.7 Å². The van der Waals surface area contributed by atoms with Gasteiger partial charge in [-0.1, -0.05) is 32.0 Å². The molecule has 0 saturated carbocycles. The minimum Gasteiger partial charge on any atom is -0.371 e. The smallest absolute Gasteiger partial charge is 0.237 e. The average Bonchev–Trinajstić information content (AvgIpc) is 2.95. The standard InChI is InChI=1S/C22H25N3O/c1-15-11-16(2)14-25(13-15)18-9-7-17(8-10-18)23-12-20-19-5-3-4-6-21(19)24-22(20)26/h3-10,12,15-16,20H,11,13-14H2,1-2H3,(H,24,26). The Hall–Kier alpha value is -2.62. The average molecular weight is 347 g/mol. The molecule has 1 N–H and O–H groups in total. The maximum Gasteiger partial charge on any atom is 0.237 e. The first-order valence-corrected chi connectivity index (χ1v) is 9.39. The molecule has 0 bridgehead atoms. The second-order valence-corrected chi connectivity index (χ2v) is 7.70. The number of nitrogens with one attached hydrogen (secondary N) is 1. The van der Waals surface area contributed by atoms with Crippen molar-refractivity contribution in [2.45, 2.75) is 26.2 Å². The van der Waals surface area contributed by atoms with E-state index in [1.807, 2.05) is 36.4 Å². The summed E-state index contributed by atoms with van der Waals surface area (Å²) in [5.41, 5.74) is 4.02. The van der Waals surface area contributed by atoms with Gasteiger partial charge in [-0.05, 0) is 54.2 Å². The van der Waals surface area contributed by atoms with Gasteiger partial charge >= 0.3 is 0 Å². The molecule has 0 radical (unpaired) electrons. The Morgan fingerprint density at radius 1 is 1.04 bits per heavy atom. The fraction of sp³-hybridized carbons (Fsp3) is 0.364. The number of aliphatic imine (C=N–C) groups is 1. The molecular weight excluding hydrogens is 322 g/mol. The molecule has 4 rings (SSSR count). The molecule has 2 heterocycles. The zero-order valence-corrected chi connectivity index (χ0v) is 15.4. The van der Waals surface area contributed by atoms with Crippen LogP contribution in [0.5, 0.6) is 0 Å². The topological polar surface area (TPSA) is 44.7 Å². The van der Waals surface area contributed by atoms with Gasteiger partial charge in [-0.3, -0.25) is 9.79 Å². The summed E-state index contributed by atoms with van der Waals surface area (Å²) < 4.78 is 0. The molecular formula is C22H25N3O. The van der Waals surface area contributed by atoms with Gasteiger partial charge in [0.25, 0.3) is 0 Å². The second kappa shape index (κ2) is 6.94. The summed E-state index contributed by atoms with van der Waals surface area (Å²) in [6, 6.07) is 16.1. The number of anilines is 2. The summed E-state index contributed by atoms with van der Waals surface area (Å²) in [4.78, 5) is 19.2. The third kappa shape index (κ3) is 3.36. The molecule has 2 aliphatic rings. The van der Waals surface area contributed by atoms with E-state index in [0.29, 0.717) is 0 Å². The normalized spacial score (nSPS) is 25.4.